The Morgan fingerprint density at radius 1 is 1.00 bits per heavy atom. The minimum atomic E-state index is -0.897. The molecule has 1 N–H and O–H groups in total. The molecule has 2 heterocycles. The summed E-state index contributed by atoms with van der Waals surface area (Å²) in [6.45, 7) is 4.57. The van der Waals surface area contributed by atoms with Gasteiger partial charge < -0.3 is 14.0 Å². The first kappa shape index (κ1) is 26.4. The van der Waals surface area contributed by atoms with Crippen molar-refractivity contribution in [2.45, 2.75) is 13.0 Å². The van der Waals surface area contributed by atoms with Gasteiger partial charge in [0.25, 0.3) is 11.8 Å². The summed E-state index contributed by atoms with van der Waals surface area (Å²) in [7, 11) is 1.59. The number of halogens is 1. The summed E-state index contributed by atoms with van der Waals surface area (Å²) in [5.41, 5.74) is 2.49. The Labute approximate surface area is 229 Å². The number of benzene rings is 3. The van der Waals surface area contributed by atoms with E-state index in [-0.39, 0.29) is 11.3 Å². The largest absolute Gasteiger partial charge is 0.493 e. The summed E-state index contributed by atoms with van der Waals surface area (Å²) in [5.74, 6) is -0.873. The van der Waals surface area contributed by atoms with Gasteiger partial charge in [-0.25, -0.2) is 14.1 Å². The van der Waals surface area contributed by atoms with Gasteiger partial charge in [0, 0.05) is 22.7 Å². The number of urea groups is 1. The number of carbonyl (C=O) groups is 3. The van der Waals surface area contributed by atoms with Gasteiger partial charge >= 0.3 is 6.03 Å². The van der Waals surface area contributed by atoms with E-state index in [9.17, 15) is 18.8 Å². The number of anilines is 1. The SMILES string of the molecule is C=CCc1ccc(OCCn2cc(/C=C3/C(=O)NC(=O)N(c4ccc(F)cc4)C3=O)c3ccccc32)c(OC)c1. The Hall–Kier alpha value is -5.18. The number of fused-ring (bicyclic) bond motifs is 1. The molecule has 0 unspecified atom stereocenters. The molecule has 9 heteroatoms. The Bertz CT molecular complexity index is 1660. The number of para-hydroxylation sites is 1. The number of aromatic nitrogens is 1. The number of rotatable bonds is 9. The van der Waals surface area contributed by atoms with Crippen LogP contribution in [0.15, 0.2) is 91.2 Å². The van der Waals surface area contributed by atoms with Crippen LogP contribution in [0.25, 0.3) is 17.0 Å². The molecule has 1 fully saturated rings. The van der Waals surface area contributed by atoms with Gasteiger partial charge in [-0.2, -0.15) is 0 Å². The summed E-state index contributed by atoms with van der Waals surface area (Å²) in [4.78, 5) is 39.2. The zero-order chi connectivity index (χ0) is 28.2. The van der Waals surface area contributed by atoms with E-state index in [1.54, 1.807) is 7.11 Å². The van der Waals surface area contributed by atoms with Gasteiger partial charge in [0.15, 0.2) is 11.5 Å². The van der Waals surface area contributed by atoms with Gasteiger partial charge in [0.05, 0.1) is 19.3 Å². The van der Waals surface area contributed by atoms with E-state index in [0.29, 0.717) is 30.2 Å². The van der Waals surface area contributed by atoms with Crippen molar-refractivity contribution >= 4 is 40.5 Å². The van der Waals surface area contributed by atoms with Crippen molar-refractivity contribution in [2.24, 2.45) is 0 Å². The number of ether oxygens (including phenoxy) is 2. The highest BCUT2D eigenvalue weighted by molar-refractivity contribution is 6.39. The Morgan fingerprint density at radius 2 is 1.77 bits per heavy atom. The fourth-order valence-electron chi connectivity index (χ4n) is 4.59. The smallest absolute Gasteiger partial charge is 0.335 e. The highest BCUT2D eigenvalue weighted by Crippen LogP contribution is 2.30. The van der Waals surface area contributed by atoms with Crippen LogP contribution in [0.2, 0.25) is 0 Å². The van der Waals surface area contributed by atoms with Crippen molar-refractivity contribution in [3.63, 3.8) is 0 Å². The maximum absolute atomic E-state index is 13.4. The molecular weight excluding hydrogens is 513 g/mol. The summed E-state index contributed by atoms with van der Waals surface area (Å²) in [6, 6.07) is 17.3. The number of methoxy groups -OCH3 is 1. The predicted octanol–water partition coefficient (Wildman–Crippen LogP) is 5.26. The normalized spacial score (nSPS) is 14.5. The molecule has 0 saturated carbocycles. The Morgan fingerprint density at radius 3 is 2.52 bits per heavy atom. The zero-order valence-electron chi connectivity index (χ0n) is 21.7. The maximum atomic E-state index is 13.4. The number of nitrogens with one attached hydrogen (secondary N) is 1. The Kier molecular flexibility index (Phi) is 7.46. The summed E-state index contributed by atoms with van der Waals surface area (Å²) in [5, 5.41) is 3.01. The van der Waals surface area contributed by atoms with Gasteiger partial charge in [-0.05, 0) is 60.5 Å². The van der Waals surface area contributed by atoms with Crippen LogP contribution in [0.3, 0.4) is 0 Å². The molecule has 0 bridgehead atoms. The van der Waals surface area contributed by atoms with Gasteiger partial charge in [-0.3, -0.25) is 14.9 Å². The number of allylic oxidation sites excluding steroid dienone is 1. The number of imide groups is 2. The number of hydrogen-bond acceptors (Lipinski definition) is 5. The molecule has 202 valence electrons. The summed E-state index contributed by atoms with van der Waals surface area (Å²) < 4.78 is 26.9. The third-order valence-corrected chi connectivity index (χ3v) is 6.50. The molecule has 40 heavy (non-hydrogen) atoms. The molecule has 3 aromatic carbocycles. The van der Waals surface area contributed by atoms with E-state index >= 15 is 0 Å². The summed E-state index contributed by atoms with van der Waals surface area (Å²) >= 11 is 0. The van der Waals surface area contributed by atoms with Crippen LogP contribution in [0.5, 0.6) is 11.5 Å². The molecule has 1 aliphatic rings. The quantitative estimate of drug-likeness (QED) is 0.178. The second kappa shape index (κ2) is 11.3. The van der Waals surface area contributed by atoms with E-state index in [2.05, 4.69) is 11.9 Å². The molecule has 0 radical (unpaired) electrons. The molecule has 0 aliphatic carbocycles. The van der Waals surface area contributed by atoms with Gasteiger partial charge in [0.2, 0.25) is 0 Å². The highest BCUT2D eigenvalue weighted by Gasteiger charge is 2.37. The van der Waals surface area contributed by atoms with Gasteiger partial charge in [0.1, 0.15) is 18.0 Å². The first-order valence-electron chi connectivity index (χ1n) is 12.5. The van der Waals surface area contributed by atoms with E-state index in [1.807, 2.05) is 59.3 Å². The lowest BCUT2D eigenvalue weighted by Gasteiger charge is -2.26. The lowest BCUT2D eigenvalue weighted by atomic mass is 10.1. The number of nitrogens with zero attached hydrogens (tertiary/aromatic N) is 2. The van der Waals surface area contributed by atoms with Crippen LogP contribution >= 0.6 is 0 Å². The number of carbonyl (C=O) groups excluding carboxylic acids is 3. The molecule has 1 aliphatic heterocycles. The van der Waals surface area contributed by atoms with Gasteiger partial charge in [-0.1, -0.05) is 30.3 Å². The molecule has 0 spiro atoms. The number of hydrogen-bond donors (Lipinski definition) is 1. The predicted molar refractivity (Wildman–Crippen MR) is 150 cm³/mol. The lowest BCUT2D eigenvalue weighted by Crippen LogP contribution is -2.54. The van der Waals surface area contributed by atoms with Crippen molar-refractivity contribution in [1.82, 2.24) is 9.88 Å². The van der Waals surface area contributed by atoms with Crippen LogP contribution in [-0.4, -0.2) is 36.1 Å². The molecule has 4 amide bonds. The second-order valence-electron chi connectivity index (χ2n) is 9.06. The van der Waals surface area contributed by atoms with Crippen LogP contribution < -0.4 is 19.7 Å². The van der Waals surface area contributed by atoms with Crippen molar-refractivity contribution in [2.75, 3.05) is 18.6 Å². The van der Waals surface area contributed by atoms with E-state index in [1.165, 1.54) is 18.2 Å². The fourth-order valence-corrected chi connectivity index (χ4v) is 4.59. The monoisotopic (exact) mass is 539 g/mol. The van der Waals surface area contributed by atoms with Crippen molar-refractivity contribution in [1.29, 1.82) is 0 Å². The standard InChI is InChI=1S/C31H26FN3O5/c1-3-6-20-9-14-27(28(17-20)39-2)40-16-15-34-19-21(24-7-4-5-8-26(24)34)18-25-29(36)33-31(38)35(30(25)37)23-12-10-22(32)11-13-23/h3-5,7-14,17-19H,1,6,15-16H2,2H3,(H,33,36,38)/b25-18-. The fraction of sp³-hybridized carbons (Fsp3) is 0.129. The molecule has 8 nitrogen and oxygen atoms in total. The molecule has 0 atom stereocenters. The van der Waals surface area contributed by atoms with E-state index in [4.69, 9.17) is 9.47 Å². The van der Waals surface area contributed by atoms with Crippen molar-refractivity contribution in [3.8, 4) is 11.5 Å². The number of barbiturate groups is 1. The number of amides is 4. The van der Waals surface area contributed by atoms with Crippen molar-refractivity contribution in [3.05, 3.63) is 108 Å². The molecule has 4 aromatic rings. The summed E-state index contributed by atoms with van der Waals surface area (Å²) in [6.07, 6.45) is 5.83. The second-order valence-corrected chi connectivity index (χ2v) is 9.06. The zero-order valence-corrected chi connectivity index (χ0v) is 21.7. The molecule has 1 saturated heterocycles. The first-order chi connectivity index (χ1) is 19.4. The molecule has 1 aromatic heterocycles. The topological polar surface area (TPSA) is 89.9 Å². The lowest BCUT2D eigenvalue weighted by molar-refractivity contribution is -0.122. The Balaban J connectivity index is 1.41. The van der Waals surface area contributed by atoms with Crippen molar-refractivity contribution < 1.29 is 28.2 Å². The minimum absolute atomic E-state index is 0.148. The molecular formula is C31H26FN3O5. The third-order valence-electron chi connectivity index (χ3n) is 6.50. The van der Waals surface area contributed by atoms with Crippen LogP contribution in [0, 0.1) is 5.82 Å². The average molecular weight is 540 g/mol. The van der Waals surface area contributed by atoms with Crippen LogP contribution in [0.1, 0.15) is 11.1 Å². The van der Waals surface area contributed by atoms with Crippen LogP contribution in [-0.2, 0) is 22.6 Å². The third kappa shape index (κ3) is 5.22. The van der Waals surface area contributed by atoms with Gasteiger partial charge in [-0.15, -0.1) is 6.58 Å². The maximum Gasteiger partial charge on any atom is 0.335 e. The first-order valence-corrected chi connectivity index (χ1v) is 12.5. The highest BCUT2D eigenvalue weighted by atomic mass is 19.1. The molecule has 5 rings (SSSR count). The van der Waals surface area contributed by atoms with E-state index < -0.39 is 23.7 Å². The van der Waals surface area contributed by atoms with Crippen LogP contribution in [0.4, 0.5) is 14.9 Å². The van der Waals surface area contributed by atoms with E-state index in [0.717, 1.165) is 39.9 Å². The average Bonchev–Trinajstić information content (AvgIpc) is 3.30. The minimum Gasteiger partial charge on any atom is -0.493 e.